The maximum absolute atomic E-state index is 10.8. The summed E-state index contributed by atoms with van der Waals surface area (Å²) in [4.78, 5) is 31.3. The van der Waals surface area contributed by atoms with Gasteiger partial charge in [0.1, 0.15) is 0 Å². The minimum absolute atomic E-state index is 0.157. The monoisotopic (exact) mass is 172 g/mol. The Morgan fingerprint density at radius 3 is 2.50 bits per heavy atom. The van der Waals surface area contributed by atoms with Crippen molar-refractivity contribution in [1.82, 2.24) is 0 Å². The minimum Gasteiger partial charge on any atom is -0.454 e. The van der Waals surface area contributed by atoms with E-state index in [0.717, 1.165) is 0 Å². The highest BCUT2D eigenvalue weighted by molar-refractivity contribution is 6.27. The summed E-state index contributed by atoms with van der Waals surface area (Å²) in [6, 6.07) is 0. The number of ketones is 1. The number of carbonyl (C=O) groups excluding carboxylic acids is 3. The molecule has 0 saturated heterocycles. The van der Waals surface area contributed by atoms with Crippen LogP contribution in [0.3, 0.4) is 0 Å². The molecule has 4 nitrogen and oxygen atoms in total. The number of esters is 1. The lowest BCUT2D eigenvalue weighted by Gasteiger charge is -2.07. The Balaban J connectivity index is 3.83. The van der Waals surface area contributed by atoms with E-state index in [-0.39, 0.29) is 12.7 Å². The molecule has 4 heteroatoms. The second-order valence-corrected chi connectivity index (χ2v) is 2.40. The summed E-state index contributed by atoms with van der Waals surface area (Å²) in [6.45, 7) is 3.21. The third-order valence-electron chi connectivity index (χ3n) is 1.28. The molecule has 0 radical (unpaired) electrons. The molecule has 0 aromatic heterocycles. The molecule has 0 rings (SSSR count). The first-order valence-electron chi connectivity index (χ1n) is 3.80. The molecule has 0 aliphatic carbocycles. The van der Waals surface area contributed by atoms with Crippen molar-refractivity contribution in [2.75, 3.05) is 0 Å². The number of ether oxygens (including phenoxy) is 1. The van der Waals surface area contributed by atoms with E-state index in [9.17, 15) is 14.4 Å². The topological polar surface area (TPSA) is 60.4 Å². The van der Waals surface area contributed by atoms with Crippen molar-refractivity contribution in [3.05, 3.63) is 0 Å². The van der Waals surface area contributed by atoms with Gasteiger partial charge in [0.15, 0.2) is 12.4 Å². The molecule has 0 fully saturated rings. The summed E-state index contributed by atoms with van der Waals surface area (Å²) < 4.78 is 4.62. The van der Waals surface area contributed by atoms with Gasteiger partial charge in [-0.25, -0.2) is 0 Å². The van der Waals surface area contributed by atoms with Gasteiger partial charge in [0.05, 0.1) is 0 Å². The van der Waals surface area contributed by atoms with Gasteiger partial charge in [-0.05, 0) is 13.3 Å². The van der Waals surface area contributed by atoms with Gasteiger partial charge in [-0.1, -0.05) is 6.92 Å². The summed E-state index contributed by atoms with van der Waals surface area (Å²) >= 11 is 0. The summed E-state index contributed by atoms with van der Waals surface area (Å²) in [5, 5.41) is 0. The number of aldehydes is 1. The summed E-state index contributed by atoms with van der Waals surface area (Å²) in [7, 11) is 0. The van der Waals surface area contributed by atoms with Gasteiger partial charge in [0.2, 0.25) is 5.78 Å². The number of rotatable bonds is 5. The Bertz CT molecular complexity index is 185. The van der Waals surface area contributed by atoms with Crippen LogP contribution in [0.2, 0.25) is 0 Å². The van der Waals surface area contributed by atoms with E-state index in [1.165, 1.54) is 6.92 Å². The predicted octanol–water partition coefficient (Wildman–Crippen LogP) is 0.486. The zero-order chi connectivity index (χ0) is 9.56. The normalized spacial score (nSPS) is 11.8. The van der Waals surface area contributed by atoms with Crippen LogP contribution >= 0.6 is 0 Å². The van der Waals surface area contributed by atoms with E-state index in [2.05, 4.69) is 4.74 Å². The molecule has 0 saturated carbocycles. The van der Waals surface area contributed by atoms with Gasteiger partial charge in [-0.15, -0.1) is 0 Å². The van der Waals surface area contributed by atoms with Crippen LogP contribution in [0, 0.1) is 0 Å². The number of hydrogen-bond acceptors (Lipinski definition) is 4. The third-order valence-corrected chi connectivity index (χ3v) is 1.28. The van der Waals surface area contributed by atoms with Gasteiger partial charge in [0.25, 0.3) is 0 Å². The lowest BCUT2D eigenvalue weighted by Crippen LogP contribution is -2.24. The molecule has 1 unspecified atom stereocenters. The Hall–Kier alpha value is -1.19. The number of Topliss-reactive ketones (excluding diaryl/α,β-unsaturated/α-hetero) is 1. The summed E-state index contributed by atoms with van der Waals surface area (Å²) in [6.07, 6.45) is 0.155. The molecule has 0 spiro atoms. The smallest absolute Gasteiger partial charge is 0.306 e. The number of hydrogen-bond donors (Lipinski definition) is 0. The molecule has 12 heavy (non-hydrogen) atoms. The van der Waals surface area contributed by atoms with E-state index >= 15 is 0 Å². The first kappa shape index (κ1) is 10.8. The first-order valence-corrected chi connectivity index (χ1v) is 3.80. The molecule has 0 heterocycles. The van der Waals surface area contributed by atoms with Gasteiger partial charge < -0.3 is 4.74 Å². The van der Waals surface area contributed by atoms with Crippen LogP contribution in [0.1, 0.15) is 26.7 Å². The maximum atomic E-state index is 10.8. The van der Waals surface area contributed by atoms with E-state index < -0.39 is 17.9 Å². The first-order chi connectivity index (χ1) is 5.61. The number of carbonyl (C=O) groups is 3. The zero-order valence-electron chi connectivity index (χ0n) is 7.20. The van der Waals surface area contributed by atoms with Gasteiger partial charge in [-0.3, -0.25) is 14.4 Å². The second kappa shape index (κ2) is 5.46. The van der Waals surface area contributed by atoms with Crippen LogP contribution in [0.4, 0.5) is 0 Å². The summed E-state index contributed by atoms with van der Waals surface area (Å²) in [5.74, 6) is -1.15. The standard InChI is InChI=1S/C8H12O4/c1-3-4-8(11)12-6(2)7(10)5-9/h5-6H,3-4H2,1-2H3. The fourth-order valence-corrected chi connectivity index (χ4v) is 0.614. The van der Waals surface area contributed by atoms with Crippen LogP contribution < -0.4 is 0 Å². The Kier molecular flexibility index (Phi) is 4.92. The molecule has 68 valence electrons. The molecular weight excluding hydrogens is 160 g/mol. The molecule has 0 aliphatic rings. The molecule has 0 bridgehead atoms. The van der Waals surface area contributed by atoms with Gasteiger partial charge >= 0.3 is 5.97 Å². The lowest BCUT2D eigenvalue weighted by molar-refractivity contribution is -0.154. The molecule has 0 amide bonds. The maximum Gasteiger partial charge on any atom is 0.306 e. The SMILES string of the molecule is CCCC(=O)OC(C)C(=O)C=O. The zero-order valence-corrected chi connectivity index (χ0v) is 7.20. The van der Waals surface area contributed by atoms with Crippen LogP contribution in [0.5, 0.6) is 0 Å². The van der Waals surface area contributed by atoms with Crippen LogP contribution in [0.15, 0.2) is 0 Å². The Labute approximate surface area is 70.9 Å². The van der Waals surface area contributed by atoms with Crippen LogP contribution in [-0.4, -0.2) is 24.1 Å². The molecule has 0 aliphatic heterocycles. The molecule has 0 aromatic rings. The predicted molar refractivity (Wildman–Crippen MR) is 41.5 cm³/mol. The van der Waals surface area contributed by atoms with Crippen molar-refractivity contribution in [2.24, 2.45) is 0 Å². The molecule has 0 N–H and O–H groups in total. The van der Waals surface area contributed by atoms with Crippen LogP contribution in [0.25, 0.3) is 0 Å². The third kappa shape index (κ3) is 3.85. The highest BCUT2D eigenvalue weighted by Gasteiger charge is 2.15. The second-order valence-electron chi connectivity index (χ2n) is 2.40. The van der Waals surface area contributed by atoms with Gasteiger partial charge in [0, 0.05) is 6.42 Å². The largest absolute Gasteiger partial charge is 0.454 e. The van der Waals surface area contributed by atoms with Crippen molar-refractivity contribution in [3.63, 3.8) is 0 Å². The van der Waals surface area contributed by atoms with E-state index in [1.54, 1.807) is 0 Å². The highest BCUT2D eigenvalue weighted by atomic mass is 16.5. The van der Waals surface area contributed by atoms with Crippen molar-refractivity contribution in [3.8, 4) is 0 Å². The van der Waals surface area contributed by atoms with Crippen molar-refractivity contribution < 1.29 is 19.1 Å². The molecule has 0 aromatic carbocycles. The fourth-order valence-electron chi connectivity index (χ4n) is 0.614. The average molecular weight is 172 g/mol. The quantitative estimate of drug-likeness (QED) is 0.344. The summed E-state index contributed by atoms with van der Waals surface area (Å²) in [5.41, 5.74) is 0. The minimum atomic E-state index is -0.943. The Morgan fingerprint density at radius 2 is 2.08 bits per heavy atom. The highest BCUT2D eigenvalue weighted by Crippen LogP contribution is 1.97. The van der Waals surface area contributed by atoms with Gasteiger partial charge in [-0.2, -0.15) is 0 Å². The lowest BCUT2D eigenvalue weighted by atomic mass is 10.3. The van der Waals surface area contributed by atoms with Crippen molar-refractivity contribution >= 4 is 18.0 Å². The van der Waals surface area contributed by atoms with E-state index in [0.29, 0.717) is 6.42 Å². The van der Waals surface area contributed by atoms with E-state index in [4.69, 9.17) is 0 Å². The van der Waals surface area contributed by atoms with Crippen LogP contribution in [-0.2, 0) is 19.1 Å². The molecule has 1 atom stereocenters. The fraction of sp³-hybridized carbons (Fsp3) is 0.625. The van der Waals surface area contributed by atoms with Crippen molar-refractivity contribution in [1.29, 1.82) is 0 Å². The molecular formula is C8H12O4. The van der Waals surface area contributed by atoms with Crippen molar-refractivity contribution in [2.45, 2.75) is 32.8 Å². The average Bonchev–Trinajstić information content (AvgIpc) is 2.03. The Morgan fingerprint density at radius 1 is 1.50 bits per heavy atom. The van der Waals surface area contributed by atoms with E-state index in [1.807, 2.05) is 6.92 Å².